The zero-order valence-corrected chi connectivity index (χ0v) is 19.3. The van der Waals surface area contributed by atoms with Gasteiger partial charge in [0.15, 0.2) is 0 Å². The predicted octanol–water partition coefficient (Wildman–Crippen LogP) is 3.64. The van der Waals surface area contributed by atoms with Crippen LogP contribution in [-0.2, 0) is 33.1 Å². The molecule has 0 bridgehead atoms. The van der Waals surface area contributed by atoms with Crippen LogP contribution in [0.15, 0.2) is 18.2 Å². The van der Waals surface area contributed by atoms with Crippen molar-refractivity contribution in [3.05, 3.63) is 34.9 Å². The van der Waals surface area contributed by atoms with E-state index in [4.69, 9.17) is 4.74 Å². The lowest BCUT2D eigenvalue weighted by atomic mass is 10.0. The van der Waals surface area contributed by atoms with Crippen LogP contribution in [0, 0.1) is 0 Å². The molecular weight excluding hydrogens is 468 g/mol. The van der Waals surface area contributed by atoms with Crippen molar-refractivity contribution < 1.29 is 40.7 Å². The smallest absolute Gasteiger partial charge is 0.364 e. The fraction of sp³-hybridized carbons (Fsp3) is 0.636. The summed E-state index contributed by atoms with van der Waals surface area (Å²) in [6.45, 7) is 2.84. The maximum Gasteiger partial charge on any atom is 0.416 e. The van der Waals surface area contributed by atoms with Crippen molar-refractivity contribution in [2.75, 3.05) is 47.1 Å². The number of rotatable bonds is 8. The molecule has 0 spiro atoms. The van der Waals surface area contributed by atoms with Crippen LogP contribution in [-0.4, -0.2) is 79.6 Å². The molecule has 1 aliphatic rings. The summed E-state index contributed by atoms with van der Waals surface area (Å²) < 4.78 is 83.2. The molecule has 0 saturated carbocycles. The fourth-order valence-electron chi connectivity index (χ4n) is 3.88. The van der Waals surface area contributed by atoms with Crippen LogP contribution in [0.4, 0.5) is 26.3 Å². The highest BCUT2D eigenvalue weighted by atomic mass is 19.4. The van der Waals surface area contributed by atoms with Gasteiger partial charge in [-0.25, -0.2) is 0 Å². The van der Waals surface area contributed by atoms with Crippen molar-refractivity contribution in [3.63, 3.8) is 0 Å². The highest BCUT2D eigenvalue weighted by molar-refractivity contribution is 5.78. The Morgan fingerprint density at radius 1 is 1.03 bits per heavy atom. The molecule has 0 radical (unpaired) electrons. The number of hydrogen-bond donors (Lipinski definition) is 0. The van der Waals surface area contributed by atoms with Crippen LogP contribution in [0.5, 0.6) is 0 Å². The molecule has 1 heterocycles. The molecule has 12 heteroatoms. The van der Waals surface area contributed by atoms with Crippen molar-refractivity contribution in [2.24, 2.45) is 0 Å². The second-order valence-electron chi connectivity index (χ2n) is 8.39. The molecule has 0 aliphatic carbocycles. The van der Waals surface area contributed by atoms with Gasteiger partial charge in [-0.2, -0.15) is 26.3 Å². The summed E-state index contributed by atoms with van der Waals surface area (Å²) in [7, 11) is 2.96. The number of piperidine rings is 1. The summed E-state index contributed by atoms with van der Waals surface area (Å²) in [5, 5.41) is 0. The topological polar surface area (TPSA) is 53.1 Å². The molecule has 0 atom stereocenters. The quantitative estimate of drug-likeness (QED) is 0.407. The molecule has 1 fully saturated rings. The van der Waals surface area contributed by atoms with E-state index in [9.17, 15) is 35.9 Å². The molecule has 34 heavy (non-hydrogen) atoms. The lowest BCUT2D eigenvalue weighted by Gasteiger charge is -2.37. The summed E-state index contributed by atoms with van der Waals surface area (Å²) in [5.41, 5.74) is -2.89. The number of nitrogens with zero attached hydrogens (tertiary/aromatic N) is 3. The van der Waals surface area contributed by atoms with E-state index in [1.54, 1.807) is 4.90 Å². The first kappa shape index (κ1) is 27.9. The Bertz CT molecular complexity index is 819. The third kappa shape index (κ3) is 7.86. The molecule has 0 unspecified atom stereocenters. The van der Waals surface area contributed by atoms with Crippen LogP contribution >= 0.6 is 0 Å². The second-order valence-corrected chi connectivity index (χ2v) is 8.39. The number of alkyl halides is 6. The molecule has 2 rings (SSSR count). The highest BCUT2D eigenvalue weighted by Crippen LogP contribution is 2.36. The van der Waals surface area contributed by atoms with Gasteiger partial charge in [-0.3, -0.25) is 14.5 Å². The number of methoxy groups -OCH3 is 1. The summed E-state index contributed by atoms with van der Waals surface area (Å²) in [4.78, 5) is 29.2. The first-order valence-electron chi connectivity index (χ1n) is 10.7. The second kappa shape index (κ2) is 11.4. The van der Waals surface area contributed by atoms with E-state index < -0.39 is 23.5 Å². The van der Waals surface area contributed by atoms with E-state index in [-0.39, 0.29) is 55.7 Å². The van der Waals surface area contributed by atoms with E-state index in [1.807, 2.05) is 4.90 Å². The molecule has 0 N–H and O–H groups in total. The largest absolute Gasteiger partial charge is 0.416 e. The molecule has 192 valence electrons. The number of likely N-dealkylation sites (N-methyl/N-ethyl adjacent to an activating group) is 1. The number of hydrogen-bond acceptors (Lipinski definition) is 4. The van der Waals surface area contributed by atoms with Gasteiger partial charge in [-0.1, -0.05) is 0 Å². The standard InChI is InChI=1S/C22H29F6N3O3/c1-15(32)31(14-34-3)19-5-8-30(9-6-19)13-20(33)29(2)7-4-16-10-17(21(23,24)25)12-18(11-16)22(26,27)28/h10-12,19H,4-9,13-14H2,1-3H3. The highest BCUT2D eigenvalue weighted by Gasteiger charge is 2.37. The van der Waals surface area contributed by atoms with Gasteiger partial charge in [0.1, 0.15) is 6.73 Å². The fourth-order valence-corrected chi connectivity index (χ4v) is 3.88. The van der Waals surface area contributed by atoms with Crippen molar-refractivity contribution in [1.82, 2.24) is 14.7 Å². The Balaban J connectivity index is 1.93. The van der Waals surface area contributed by atoms with Gasteiger partial charge in [0.25, 0.3) is 0 Å². The third-order valence-corrected chi connectivity index (χ3v) is 5.84. The van der Waals surface area contributed by atoms with E-state index in [2.05, 4.69) is 0 Å². The van der Waals surface area contributed by atoms with Gasteiger partial charge in [-0.15, -0.1) is 0 Å². The van der Waals surface area contributed by atoms with E-state index in [0.717, 1.165) is 0 Å². The van der Waals surface area contributed by atoms with Crippen molar-refractivity contribution >= 4 is 11.8 Å². The molecule has 1 aliphatic heterocycles. The number of ether oxygens (including phenoxy) is 1. The number of amides is 2. The lowest BCUT2D eigenvalue weighted by Crippen LogP contribution is -2.49. The van der Waals surface area contributed by atoms with Crippen molar-refractivity contribution in [3.8, 4) is 0 Å². The van der Waals surface area contributed by atoms with Crippen LogP contribution in [0.25, 0.3) is 0 Å². The van der Waals surface area contributed by atoms with E-state index in [0.29, 0.717) is 38.1 Å². The van der Waals surface area contributed by atoms with Gasteiger partial charge in [0, 0.05) is 46.8 Å². The van der Waals surface area contributed by atoms with Gasteiger partial charge in [0.2, 0.25) is 11.8 Å². The van der Waals surface area contributed by atoms with Crippen LogP contribution in [0.2, 0.25) is 0 Å². The minimum Gasteiger partial charge on any atom is -0.364 e. The van der Waals surface area contributed by atoms with Crippen molar-refractivity contribution in [1.29, 1.82) is 0 Å². The van der Waals surface area contributed by atoms with Gasteiger partial charge in [-0.05, 0) is 43.0 Å². The van der Waals surface area contributed by atoms with E-state index >= 15 is 0 Å². The molecule has 2 amide bonds. The van der Waals surface area contributed by atoms with Gasteiger partial charge >= 0.3 is 12.4 Å². The summed E-state index contributed by atoms with van der Waals surface area (Å²) >= 11 is 0. The number of likely N-dealkylation sites (tertiary alicyclic amines) is 1. The number of carbonyl (C=O) groups is 2. The zero-order valence-electron chi connectivity index (χ0n) is 19.3. The number of carbonyl (C=O) groups excluding carboxylic acids is 2. The minimum atomic E-state index is -4.91. The molecule has 0 aromatic heterocycles. The molecule has 6 nitrogen and oxygen atoms in total. The Morgan fingerprint density at radius 2 is 1.56 bits per heavy atom. The SMILES string of the molecule is COCN(C(C)=O)C1CCN(CC(=O)N(C)CCc2cc(C(F)(F)F)cc(C(F)(F)F)c2)CC1. The minimum absolute atomic E-state index is 0.00488. The Labute approximate surface area is 194 Å². The maximum atomic E-state index is 13.0. The summed E-state index contributed by atoms with van der Waals surface area (Å²) in [6.07, 6.45) is -8.66. The van der Waals surface area contributed by atoms with Gasteiger partial charge in [0.05, 0.1) is 17.7 Å². The predicted molar refractivity (Wildman–Crippen MR) is 112 cm³/mol. The average Bonchev–Trinajstić information content (AvgIpc) is 2.74. The zero-order chi connectivity index (χ0) is 25.7. The number of benzene rings is 1. The summed E-state index contributed by atoms with van der Waals surface area (Å²) in [5.74, 6) is -0.388. The van der Waals surface area contributed by atoms with Crippen molar-refractivity contribution in [2.45, 2.75) is 44.6 Å². The normalized spacial score (nSPS) is 15.9. The average molecular weight is 497 g/mol. The first-order chi connectivity index (χ1) is 15.7. The Morgan fingerprint density at radius 3 is 2.00 bits per heavy atom. The third-order valence-electron chi connectivity index (χ3n) is 5.84. The van der Waals surface area contributed by atoms with Crippen LogP contribution in [0.1, 0.15) is 36.5 Å². The first-order valence-corrected chi connectivity index (χ1v) is 10.7. The van der Waals surface area contributed by atoms with E-state index in [1.165, 1.54) is 26.0 Å². The summed E-state index contributed by atoms with van der Waals surface area (Å²) in [6, 6.07) is 1.45. The molecule has 1 aromatic carbocycles. The molecule has 1 aromatic rings. The molecular formula is C22H29F6N3O3. The van der Waals surface area contributed by atoms with Gasteiger partial charge < -0.3 is 14.5 Å². The van der Waals surface area contributed by atoms with Crippen LogP contribution in [0.3, 0.4) is 0 Å². The lowest BCUT2D eigenvalue weighted by molar-refractivity contribution is -0.143. The molecule has 1 saturated heterocycles. The monoisotopic (exact) mass is 497 g/mol. The Hall–Kier alpha value is -2.34. The number of halogens is 6. The Kier molecular flexibility index (Phi) is 9.35. The maximum absolute atomic E-state index is 13.0. The van der Waals surface area contributed by atoms with Crippen LogP contribution < -0.4 is 0 Å².